The van der Waals surface area contributed by atoms with Crippen molar-refractivity contribution in [2.75, 3.05) is 13.2 Å². The second-order valence-corrected chi connectivity index (χ2v) is 12.9. The minimum absolute atomic E-state index is 0.00638. The molecule has 4 aliphatic carbocycles. The van der Waals surface area contributed by atoms with Crippen molar-refractivity contribution < 1.29 is 24.1 Å². The third-order valence-corrected chi connectivity index (χ3v) is 10.6. The Hall–Kier alpha value is -0.460. The molecule has 5 heteroatoms. The minimum Gasteiger partial charge on any atom is -0.388 e. The van der Waals surface area contributed by atoms with Crippen LogP contribution in [0.5, 0.6) is 0 Å². The molecular formula is C26H40O5. The fourth-order valence-electron chi connectivity index (χ4n) is 9.08. The van der Waals surface area contributed by atoms with E-state index in [9.17, 15) is 5.11 Å². The third-order valence-electron chi connectivity index (χ3n) is 10.6. The monoisotopic (exact) mass is 432 g/mol. The van der Waals surface area contributed by atoms with Crippen LogP contribution in [0.1, 0.15) is 80.1 Å². The molecule has 0 radical (unpaired) electrons. The first kappa shape index (κ1) is 21.1. The molecule has 2 spiro atoms. The molecule has 8 unspecified atom stereocenters. The van der Waals surface area contributed by atoms with Gasteiger partial charge < -0.3 is 24.1 Å². The molecule has 2 bridgehead atoms. The number of rotatable bonds is 0. The Bertz CT molecular complexity index is 834. The van der Waals surface area contributed by atoms with E-state index in [1.807, 2.05) is 27.7 Å². The Kier molecular flexibility index (Phi) is 4.06. The van der Waals surface area contributed by atoms with Gasteiger partial charge in [0.25, 0.3) is 0 Å². The molecule has 0 aromatic rings. The smallest absolute Gasteiger partial charge is 0.163 e. The van der Waals surface area contributed by atoms with E-state index in [1.54, 1.807) is 0 Å². The molecule has 5 nitrogen and oxygen atoms in total. The highest BCUT2D eigenvalue weighted by Gasteiger charge is 2.73. The maximum absolute atomic E-state index is 11.6. The van der Waals surface area contributed by atoms with E-state index in [4.69, 9.17) is 18.9 Å². The molecular weight excluding hydrogens is 392 g/mol. The molecule has 0 aromatic heterocycles. The van der Waals surface area contributed by atoms with Crippen molar-refractivity contribution in [3.8, 4) is 0 Å². The number of hydrogen-bond donors (Lipinski definition) is 1. The first-order valence-corrected chi connectivity index (χ1v) is 12.4. The first-order valence-electron chi connectivity index (χ1n) is 12.4. The summed E-state index contributed by atoms with van der Waals surface area (Å²) < 4.78 is 25.3. The Morgan fingerprint density at radius 2 is 1.68 bits per heavy atom. The quantitative estimate of drug-likeness (QED) is 0.568. The molecule has 31 heavy (non-hydrogen) atoms. The molecule has 2 aliphatic heterocycles. The fraction of sp³-hybridized carbons (Fsp3) is 0.923. The lowest BCUT2D eigenvalue weighted by molar-refractivity contribution is -0.346. The van der Waals surface area contributed by atoms with Crippen LogP contribution in [0.4, 0.5) is 0 Å². The summed E-state index contributed by atoms with van der Waals surface area (Å²) in [4.78, 5) is 0. The zero-order valence-corrected chi connectivity index (χ0v) is 20.1. The van der Waals surface area contributed by atoms with Crippen LogP contribution in [0.2, 0.25) is 0 Å². The highest BCUT2D eigenvalue weighted by Crippen LogP contribution is 2.75. The average molecular weight is 433 g/mol. The van der Waals surface area contributed by atoms with Crippen LogP contribution in [0.3, 0.4) is 0 Å². The molecule has 0 aromatic carbocycles. The molecule has 5 fully saturated rings. The molecule has 8 atom stereocenters. The van der Waals surface area contributed by atoms with Gasteiger partial charge in [-0.05, 0) is 83.1 Å². The van der Waals surface area contributed by atoms with E-state index >= 15 is 0 Å². The van der Waals surface area contributed by atoms with Gasteiger partial charge in [-0.3, -0.25) is 0 Å². The number of aliphatic hydroxyl groups excluding tert-OH is 1. The minimum atomic E-state index is -0.562. The van der Waals surface area contributed by atoms with Crippen molar-refractivity contribution in [2.45, 2.75) is 109 Å². The van der Waals surface area contributed by atoms with Gasteiger partial charge >= 0.3 is 0 Å². The first-order chi connectivity index (χ1) is 14.4. The molecule has 6 rings (SSSR count). The van der Waals surface area contributed by atoms with Crippen LogP contribution >= 0.6 is 0 Å². The second-order valence-electron chi connectivity index (χ2n) is 12.9. The van der Waals surface area contributed by atoms with Gasteiger partial charge in [-0.15, -0.1) is 0 Å². The van der Waals surface area contributed by atoms with E-state index in [2.05, 4.69) is 19.9 Å². The summed E-state index contributed by atoms with van der Waals surface area (Å²) in [5.41, 5.74) is 1.17. The lowest BCUT2D eigenvalue weighted by atomic mass is 9.41. The fourth-order valence-corrected chi connectivity index (χ4v) is 9.08. The second kappa shape index (κ2) is 5.96. The van der Waals surface area contributed by atoms with Crippen molar-refractivity contribution in [3.05, 3.63) is 11.6 Å². The van der Waals surface area contributed by atoms with Crippen molar-refractivity contribution in [3.63, 3.8) is 0 Å². The summed E-state index contributed by atoms with van der Waals surface area (Å²) in [6, 6.07) is 0. The Labute approximate surface area is 186 Å². The van der Waals surface area contributed by atoms with Crippen LogP contribution in [0, 0.1) is 28.1 Å². The predicted octanol–water partition coefficient (Wildman–Crippen LogP) is 4.57. The summed E-state index contributed by atoms with van der Waals surface area (Å²) in [6.45, 7) is 14.4. The molecule has 2 heterocycles. The van der Waals surface area contributed by atoms with Crippen molar-refractivity contribution in [2.24, 2.45) is 28.1 Å². The van der Waals surface area contributed by atoms with Gasteiger partial charge in [-0.2, -0.15) is 0 Å². The van der Waals surface area contributed by atoms with Gasteiger partial charge in [0.05, 0.1) is 25.4 Å². The Balaban J connectivity index is 1.38. The van der Waals surface area contributed by atoms with Gasteiger partial charge in [0.2, 0.25) is 0 Å². The van der Waals surface area contributed by atoms with Gasteiger partial charge in [-0.25, -0.2) is 0 Å². The lowest BCUT2D eigenvalue weighted by Crippen LogP contribution is -2.65. The largest absolute Gasteiger partial charge is 0.388 e. The third kappa shape index (κ3) is 2.51. The maximum Gasteiger partial charge on any atom is 0.163 e. The zero-order chi connectivity index (χ0) is 22.1. The van der Waals surface area contributed by atoms with Crippen molar-refractivity contribution in [1.29, 1.82) is 0 Å². The number of aliphatic hydroxyl groups is 1. The molecule has 0 amide bonds. The highest BCUT2D eigenvalue weighted by atomic mass is 16.8. The predicted molar refractivity (Wildman–Crippen MR) is 116 cm³/mol. The van der Waals surface area contributed by atoms with E-state index < -0.39 is 17.7 Å². The van der Waals surface area contributed by atoms with Crippen LogP contribution in [-0.4, -0.2) is 47.7 Å². The summed E-state index contributed by atoms with van der Waals surface area (Å²) in [5, 5.41) is 11.6. The van der Waals surface area contributed by atoms with Crippen molar-refractivity contribution >= 4 is 0 Å². The van der Waals surface area contributed by atoms with Gasteiger partial charge in [0.15, 0.2) is 11.6 Å². The van der Waals surface area contributed by atoms with Gasteiger partial charge in [0.1, 0.15) is 5.60 Å². The van der Waals surface area contributed by atoms with Gasteiger partial charge in [0, 0.05) is 16.7 Å². The number of hydrogen-bond acceptors (Lipinski definition) is 5. The topological polar surface area (TPSA) is 57.2 Å². The molecule has 1 N–H and O–H groups in total. The standard InChI is InChI=1S/C26H40O5/c1-21(2)28-14-23(5)18-8-7-16-20(27)17-13-25(16,24(18,6)10-9-19(23)30-21)11-12-26(17)15-29-22(3,4)31-26/h7,17-20,27H,8-15H2,1-6H3. The van der Waals surface area contributed by atoms with Crippen LogP contribution < -0.4 is 0 Å². The summed E-state index contributed by atoms with van der Waals surface area (Å²) in [7, 11) is 0. The normalized spacial score (nSPS) is 56.5. The lowest BCUT2D eigenvalue weighted by Gasteiger charge is -2.66. The molecule has 174 valence electrons. The molecule has 6 aliphatic rings. The van der Waals surface area contributed by atoms with Crippen LogP contribution in [0.15, 0.2) is 11.6 Å². The van der Waals surface area contributed by atoms with E-state index in [0.29, 0.717) is 12.5 Å². The van der Waals surface area contributed by atoms with E-state index in [1.165, 1.54) is 5.57 Å². The average Bonchev–Trinajstić information content (AvgIpc) is 3.13. The number of allylic oxidation sites excluding steroid dienone is 1. The van der Waals surface area contributed by atoms with Crippen LogP contribution in [-0.2, 0) is 18.9 Å². The summed E-state index contributed by atoms with van der Waals surface area (Å²) >= 11 is 0. The van der Waals surface area contributed by atoms with E-state index in [0.717, 1.165) is 45.1 Å². The SMILES string of the molecule is CC1(C)OCC2(C)C(CCC3(C)C2CC=C2C(O)C4CC23CCC42COC(C)(C)O2)O1. The Morgan fingerprint density at radius 3 is 2.39 bits per heavy atom. The zero-order valence-electron chi connectivity index (χ0n) is 20.1. The van der Waals surface area contributed by atoms with Crippen LogP contribution in [0.25, 0.3) is 0 Å². The molecule has 3 saturated carbocycles. The number of ether oxygens (including phenoxy) is 4. The summed E-state index contributed by atoms with van der Waals surface area (Å²) in [5.74, 6) is -0.442. The highest BCUT2D eigenvalue weighted by molar-refractivity contribution is 5.38. The van der Waals surface area contributed by atoms with Crippen molar-refractivity contribution in [1.82, 2.24) is 0 Å². The molecule has 2 saturated heterocycles. The van der Waals surface area contributed by atoms with Gasteiger partial charge in [-0.1, -0.05) is 19.9 Å². The maximum atomic E-state index is 11.6. The Morgan fingerprint density at radius 1 is 0.935 bits per heavy atom. The van der Waals surface area contributed by atoms with E-state index in [-0.39, 0.29) is 33.9 Å². The number of fused-ring (bicyclic) bond motifs is 5. The summed E-state index contributed by atoms with van der Waals surface area (Å²) in [6.07, 6.45) is 8.53.